The van der Waals surface area contributed by atoms with E-state index < -0.39 is 0 Å². The molecule has 4 heteroatoms. The number of ether oxygens (including phenoxy) is 1. The van der Waals surface area contributed by atoms with Crippen molar-refractivity contribution >= 4 is 33.1 Å². The zero-order valence-electron chi connectivity index (χ0n) is 11.9. The summed E-state index contributed by atoms with van der Waals surface area (Å²) in [5.41, 5.74) is 7.81. The average Bonchev–Trinajstić information content (AvgIpc) is 2.48. The van der Waals surface area contributed by atoms with Crippen LogP contribution in [-0.2, 0) is 6.42 Å². The van der Waals surface area contributed by atoms with Crippen LogP contribution < -0.4 is 10.5 Å². The summed E-state index contributed by atoms with van der Waals surface area (Å²) in [6.07, 6.45) is 3.51. The summed E-state index contributed by atoms with van der Waals surface area (Å²) in [6, 6.07) is 13.8. The summed E-state index contributed by atoms with van der Waals surface area (Å²) >= 11 is 8.48. The Hall–Kier alpha value is -1.39. The fourth-order valence-corrected chi connectivity index (χ4v) is 2.54. The summed E-state index contributed by atoms with van der Waals surface area (Å²) in [7, 11) is 0. The average molecular weight is 364 g/mol. The van der Waals surface area contributed by atoms with Crippen LogP contribution in [0.3, 0.4) is 0 Å². The van der Waals surface area contributed by atoms with E-state index in [1.54, 1.807) is 0 Å². The lowest BCUT2D eigenvalue weighted by atomic mass is 10.1. The summed E-state index contributed by atoms with van der Waals surface area (Å²) in [5.74, 6) is 1.46. The van der Waals surface area contributed by atoms with Crippen molar-refractivity contribution in [3.63, 3.8) is 0 Å². The molecule has 0 unspecified atom stereocenters. The third-order valence-corrected chi connectivity index (χ3v) is 3.89. The van der Waals surface area contributed by atoms with E-state index in [2.05, 4.69) is 35.0 Å². The Morgan fingerprint density at radius 1 is 1.19 bits per heavy atom. The SMILES string of the molecule is CCCCc1ccc(Oc2ccc(Br)cc2C(N)=S)cc1. The monoisotopic (exact) mass is 363 g/mol. The fraction of sp³-hybridized carbons (Fsp3) is 0.235. The predicted molar refractivity (Wildman–Crippen MR) is 95.2 cm³/mol. The van der Waals surface area contributed by atoms with Crippen LogP contribution in [0, 0.1) is 0 Å². The zero-order chi connectivity index (χ0) is 15.2. The molecule has 0 aliphatic rings. The summed E-state index contributed by atoms with van der Waals surface area (Å²) in [5, 5.41) is 0. The maximum Gasteiger partial charge on any atom is 0.137 e. The highest BCUT2D eigenvalue weighted by Gasteiger charge is 2.08. The Morgan fingerprint density at radius 3 is 2.52 bits per heavy atom. The van der Waals surface area contributed by atoms with Gasteiger partial charge in [-0.15, -0.1) is 0 Å². The van der Waals surface area contributed by atoms with Gasteiger partial charge in [0, 0.05) is 4.47 Å². The third kappa shape index (κ3) is 4.55. The number of unbranched alkanes of at least 4 members (excludes halogenated alkanes) is 1. The van der Waals surface area contributed by atoms with Crippen LogP contribution in [0.5, 0.6) is 11.5 Å². The van der Waals surface area contributed by atoms with Gasteiger partial charge in [-0.05, 0) is 48.7 Å². The topological polar surface area (TPSA) is 35.2 Å². The van der Waals surface area contributed by atoms with Crippen molar-refractivity contribution in [2.75, 3.05) is 0 Å². The normalized spacial score (nSPS) is 10.4. The Morgan fingerprint density at radius 2 is 1.90 bits per heavy atom. The number of rotatable bonds is 6. The summed E-state index contributed by atoms with van der Waals surface area (Å²) in [6.45, 7) is 2.20. The molecule has 2 aromatic rings. The molecule has 2 aromatic carbocycles. The second-order valence-corrected chi connectivity index (χ2v) is 6.21. The lowest BCUT2D eigenvalue weighted by molar-refractivity contribution is 0.481. The van der Waals surface area contributed by atoms with Crippen molar-refractivity contribution in [3.05, 3.63) is 58.1 Å². The largest absolute Gasteiger partial charge is 0.457 e. The van der Waals surface area contributed by atoms with E-state index >= 15 is 0 Å². The van der Waals surface area contributed by atoms with Gasteiger partial charge in [0.05, 0.1) is 5.56 Å². The molecule has 0 atom stereocenters. The quantitative estimate of drug-likeness (QED) is 0.714. The first kappa shape index (κ1) is 16.0. The molecule has 0 saturated carbocycles. The number of hydrogen-bond acceptors (Lipinski definition) is 2. The Labute approximate surface area is 139 Å². The van der Waals surface area contributed by atoms with Gasteiger partial charge in [-0.25, -0.2) is 0 Å². The van der Waals surface area contributed by atoms with Gasteiger partial charge >= 0.3 is 0 Å². The van der Waals surface area contributed by atoms with Crippen LogP contribution in [0.15, 0.2) is 46.9 Å². The maximum absolute atomic E-state index is 5.90. The van der Waals surface area contributed by atoms with E-state index in [0.29, 0.717) is 10.7 Å². The van der Waals surface area contributed by atoms with Gasteiger partial charge in [0.1, 0.15) is 16.5 Å². The zero-order valence-corrected chi connectivity index (χ0v) is 14.3. The molecule has 0 aliphatic carbocycles. The number of thiocarbonyl (C=S) groups is 1. The van der Waals surface area contributed by atoms with Crippen molar-refractivity contribution in [3.8, 4) is 11.5 Å². The molecule has 0 fully saturated rings. The molecule has 0 radical (unpaired) electrons. The molecule has 2 rings (SSSR count). The number of benzene rings is 2. The second-order valence-electron chi connectivity index (χ2n) is 4.85. The molecule has 110 valence electrons. The summed E-state index contributed by atoms with van der Waals surface area (Å²) in [4.78, 5) is 0.325. The molecule has 0 aliphatic heterocycles. The first-order valence-corrected chi connectivity index (χ1v) is 8.16. The molecule has 21 heavy (non-hydrogen) atoms. The van der Waals surface area contributed by atoms with Crippen molar-refractivity contribution in [1.29, 1.82) is 0 Å². The molecular formula is C17H18BrNOS. The van der Waals surface area contributed by atoms with Gasteiger partial charge in [0.2, 0.25) is 0 Å². The smallest absolute Gasteiger partial charge is 0.137 e. The predicted octanol–water partition coefficient (Wildman–Crippen LogP) is 5.22. The van der Waals surface area contributed by atoms with Crippen LogP contribution in [-0.4, -0.2) is 4.99 Å². The van der Waals surface area contributed by atoms with Crippen molar-refractivity contribution in [2.45, 2.75) is 26.2 Å². The molecule has 0 amide bonds. The lowest BCUT2D eigenvalue weighted by Gasteiger charge is -2.11. The van der Waals surface area contributed by atoms with Crippen molar-refractivity contribution < 1.29 is 4.74 Å². The van der Waals surface area contributed by atoms with E-state index in [9.17, 15) is 0 Å². The minimum Gasteiger partial charge on any atom is -0.457 e. The van der Waals surface area contributed by atoms with E-state index in [1.165, 1.54) is 18.4 Å². The van der Waals surface area contributed by atoms with Crippen molar-refractivity contribution in [1.82, 2.24) is 0 Å². The van der Waals surface area contributed by atoms with E-state index in [4.69, 9.17) is 22.7 Å². The number of nitrogens with two attached hydrogens (primary N) is 1. The molecule has 0 saturated heterocycles. The highest BCUT2D eigenvalue weighted by molar-refractivity contribution is 9.10. The molecule has 0 spiro atoms. The first-order chi connectivity index (χ1) is 10.1. The standard InChI is InChI=1S/C17H18BrNOS/c1-2-3-4-12-5-8-14(9-6-12)20-16-10-7-13(18)11-15(16)17(19)21/h5-11H,2-4H2,1H3,(H2,19,21). The Balaban J connectivity index is 2.16. The Bertz CT molecular complexity index is 625. The highest BCUT2D eigenvalue weighted by Crippen LogP contribution is 2.28. The molecule has 2 nitrogen and oxygen atoms in total. The molecule has 0 heterocycles. The first-order valence-electron chi connectivity index (χ1n) is 6.96. The van der Waals surface area contributed by atoms with Crippen LogP contribution in [0.4, 0.5) is 0 Å². The van der Waals surface area contributed by atoms with Crippen LogP contribution >= 0.6 is 28.1 Å². The highest BCUT2D eigenvalue weighted by atomic mass is 79.9. The van der Waals surface area contributed by atoms with Gasteiger partial charge in [-0.3, -0.25) is 0 Å². The molecule has 0 aromatic heterocycles. The van der Waals surface area contributed by atoms with E-state index in [-0.39, 0.29) is 0 Å². The Kier molecular flexibility index (Phi) is 5.76. The lowest BCUT2D eigenvalue weighted by Crippen LogP contribution is -2.10. The van der Waals surface area contributed by atoms with E-state index in [1.807, 2.05) is 30.3 Å². The maximum atomic E-state index is 5.90. The van der Waals surface area contributed by atoms with Gasteiger partial charge in [0.25, 0.3) is 0 Å². The van der Waals surface area contributed by atoms with Crippen molar-refractivity contribution in [2.24, 2.45) is 5.73 Å². The number of aryl methyl sites for hydroxylation is 1. The van der Waals surface area contributed by atoms with Crippen LogP contribution in [0.25, 0.3) is 0 Å². The third-order valence-electron chi connectivity index (χ3n) is 3.18. The van der Waals surface area contributed by atoms with Gasteiger partial charge in [-0.1, -0.05) is 53.6 Å². The molecule has 2 N–H and O–H groups in total. The second kappa shape index (κ2) is 7.57. The van der Waals surface area contributed by atoms with Crippen LogP contribution in [0.1, 0.15) is 30.9 Å². The minimum atomic E-state index is 0.325. The number of halogens is 1. The molecular weight excluding hydrogens is 346 g/mol. The molecule has 0 bridgehead atoms. The van der Waals surface area contributed by atoms with E-state index in [0.717, 1.165) is 22.2 Å². The van der Waals surface area contributed by atoms with Gasteiger partial charge in [0.15, 0.2) is 0 Å². The minimum absolute atomic E-state index is 0.325. The van der Waals surface area contributed by atoms with Gasteiger partial charge in [-0.2, -0.15) is 0 Å². The summed E-state index contributed by atoms with van der Waals surface area (Å²) < 4.78 is 6.82. The van der Waals surface area contributed by atoms with Gasteiger partial charge < -0.3 is 10.5 Å². The fourth-order valence-electron chi connectivity index (χ4n) is 2.02. The van der Waals surface area contributed by atoms with Crippen LogP contribution in [0.2, 0.25) is 0 Å². The number of hydrogen-bond donors (Lipinski definition) is 1.